The fraction of sp³-hybridized carbons (Fsp3) is 0.385. The van der Waals surface area contributed by atoms with Gasteiger partial charge in [0.05, 0.1) is 16.1 Å². The second-order valence-corrected chi connectivity index (χ2v) is 5.64. The van der Waals surface area contributed by atoms with Gasteiger partial charge >= 0.3 is 0 Å². The van der Waals surface area contributed by atoms with Crippen LogP contribution in [-0.2, 0) is 0 Å². The van der Waals surface area contributed by atoms with Crippen molar-refractivity contribution in [2.45, 2.75) is 26.3 Å². The van der Waals surface area contributed by atoms with Crippen LogP contribution in [0.1, 0.15) is 32.2 Å². The van der Waals surface area contributed by atoms with Gasteiger partial charge in [-0.1, -0.05) is 42.2 Å². The Morgan fingerprint density at radius 3 is 2.63 bits per heavy atom. The predicted molar refractivity (Wildman–Crippen MR) is 76.1 cm³/mol. The van der Waals surface area contributed by atoms with Crippen LogP contribution in [0, 0.1) is 5.92 Å². The Labute approximate surface area is 121 Å². The second kappa shape index (κ2) is 5.90. The zero-order valence-electron chi connectivity index (χ0n) is 10.7. The molecule has 0 amide bonds. The van der Waals surface area contributed by atoms with Gasteiger partial charge < -0.3 is 10.3 Å². The van der Waals surface area contributed by atoms with Crippen LogP contribution < -0.4 is 5.73 Å². The molecule has 6 heteroatoms. The van der Waals surface area contributed by atoms with Crippen molar-refractivity contribution in [2.24, 2.45) is 11.7 Å². The summed E-state index contributed by atoms with van der Waals surface area (Å²) in [5.41, 5.74) is 6.75. The topological polar surface area (TPSA) is 64.9 Å². The first-order chi connectivity index (χ1) is 8.97. The molecule has 0 aliphatic carbocycles. The number of nitrogens with zero attached hydrogens (tertiary/aromatic N) is 2. The summed E-state index contributed by atoms with van der Waals surface area (Å²) in [6, 6.07) is 4.94. The van der Waals surface area contributed by atoms with Gasteiger partial charge in [-0.15, -0.1) is 0 Å². The SMILES string of the molecule is CC(C)C[C@@H](N)c1nc(-c2ccc(Cl)c(Cl)c2)no1. The molecule has 0 spiro atoms. The minimum atomic E-state index is -0.246. The van der Waals surface area contributed by atoms with Crippen LogP contribution in [0.3, 0.4) is 0 Å². The summed E-state index contributed by atoms with van der Waals surface area (Å²) in [6.07, 6.45) is 0.795. The van der Waals surface area contributed by atoms with Crippen molar-refractivity contribution >= 4 is 23.2 Å². The third kappa shape index (κ3) is 3.47. The Hall–Kier alpha value is -1.10. The summed E-state index contributed by atoms with van der Waals surface area (Å²) in [5, 5.41) is 4.86. The number of nitrogens with two attached hydrogens (primary N) is 1. The summed E-state index contributed by atoms with van der Waals surface area (Å²) in [4.78, 5) is 4.30. The molecule has 1 aromatic heterocycles. The van der Waals surface area contributed by atoms with Crippen LogP contribution in [0.2, 0.25) is 10.0 Å². The van der Waals surface area contributed by atoms with E-state index in [9.17, 15) is 0 Å². The van der Waals surface area contributed by atoms with E-state index in [1.54, 1.807) is 18.2 Å². The average molecular weight is 300 g/mol. The van der Waals surface area contributed by atoms with Crippen molar-refractivity contribution in [1.82, 2.24) is 10.1 Å². The molecule has 1 aromatic carbocycles. The molecule has 0 radical (unpaired) electrons. The standard InChI is InChI=1S/C13H15Cl2N3O/c1-7(2)5-11(16)13-17-12(18-19-13)8-3-4-9(14)10(15)6-8/h3-4,6-7,11H,5,16H2,1-2H3/t11-/m1/s1. The van der Waals surface area contributed by atoms with Gasteiger partial charge in [0.2, 0.25) is 11.7 Å². The highest BCUT2D eigenvalue weighted by Gasteiger charge is 2.17. The van der Waals surface area contributed by atoms with Gasteiger partial charge in [0, 0.05) is 5.56 Å². The molecule has 1 heterocycles. The molecule has 0 unspecified atom stereocenters. The van der Waals surface area contributed by atoms with Gasteiger partial charge in [0.15, 0.2) is 0 Å². The van der Waals surface area contributed by atoms with Crippen LogP contribution in [0.15, 0.2) is 22.7 Å². The quantitative estimate of drug-likeness (QED) is 0.923. The third-order valence-electron chi connectivity index (χ3n) is 2.66. The highest BCUT2D eigenvalue weighted by molar-refractivity contribution is 6.42. The number of aromatic nitrogens is 2. The van der Waals surface area contributed by atoms with Gasteiger partial charge in [-0.05, 0) is 30.5 Å². The smallest absolute Gasteiger partial charge is 0.243 e. The maximum atomic E-state index is 6.00. The Morgan fingerprint density at radius 2 is 2.00 bits per heavy atom. The van der Waals surface area contributed by atoms with E-state index in [2.05, 4.69) is 24.0 Å². The van der Waals surface area contributed by atoms with Crippen LogP contribution in [-0.4, -0.2) is 10.1 Å². The Morgan fingerprint density at radius 1 is 1.26 bits per heavy atom. The first kappa shape index (κ1) is 14.3. The lowest BCUT2D eigenvalue weighted by Gasteiger charge is -2.08. The monoisotopic (exact) mass is 299 g/mol. The summed E-state index contributed by atoms with van der Waals surface area (Å²) < 4.78 is 5.19. The molecular weight excluding hydrogens is 285 g/mol. The van der Waals surface area contributed by atoms with E-state index in [0.29, 0.717) is 27.7 Å². The average Bonchev–Trinajstić information content (AvgIpc) is 2.81. The molecule has 0 aliphatic heterocycles. The van der Waals surface area contributed by atoms with Gasteiger partial charge in [0.25, 0.3) is 0 Å². The van der Waals surface area contributed by atoms with Gasteiger partial charge in [0.1, 0.15) is 0 Å². The lowest BCUT2D eigenvalue weighted by atomic mass is 10.0. The van der Waals surface area contributed by atoms with E-state index in [4.69, 9.17) is 33.5 Å². The van der Waals surface area contributed by atoms with Crippen molar-refractivity contribution in [3.63, 3.8) is 0 Å². The van der Waals surface area contributed by atoms with E-state index < -0.39 is 0 Å². The molecule has 0 fully saturated rings. The Kier molecular flexibility index (Phi) is 4.45. The highest BCUT2D eigenvalue weighted by atomic mass is 35.5. The summed E-state index contributed by atoms with van der Waals surface area (Å²) in [5.74, 6) is 1.37. The lowest BCUT2D eigenvalue weighted by Crippen LogP contribution is -2.13. The zero-order chi connectivity index (χ0) is 14.0. The molecule has 102 valence electrons. The fourth-order valence-corrected chi connectivity index (χ4v) is 2.05. The second-order valence-electron chi connectivity index (χ2n) is 4.82. The summed E-state index contributed by atoms with van der Waals surface area (Å²) in [7, 11) is 0. The number of rotatable bonds is 4. The van der Waals surface area contributed by atoms with E-state index in [0.717, 1.165) is 12.0 Å². The van der Waals surface area contributed by atoms with Crippen molar-refractivity contribution in [2.75, 3.05) is 0 Å². The third-order valence-corrected chi connectivity index (χ3v) is 3.40. The molecule has 2 rings (SSSR count). The molecule has 0 saturated carbocycles. The molecular formula is C13H15Cl2N3O. The molecule has 4 nitrogen and oxygen atoms in total. The highest BCUT2D eigenvalue weighted by Crippen LogP contribution is 2.28. The maximum absolute atomic E-state index is 6.00. The molecule has 0 aliphatic rings. The maximum Gasteiger partial charge on any atom is 0.243 e. The first-order valence-corrected chi connectivity index (χ1v) is 6.77. The van der Waals surface area contributed by atoms with Crippen molar-refractivity contribution < 1.29 is 4.52 Å². The van der Waals surface area contributed by atoms with E-state index in [1.165, 1.54) is 0 Å². The van der Waals surface area contributed by atoms with Gasteiger partial charge in [-0.2, -0.15) is 4.98 Å². The first-order valence-electron chi connectivity index (χ1n) is 6.02. The van der Waals surface area contributed by atoms with Crippen molar-refractivity contribution in [3.8, 4) is 11.4 Å². The molecule has 1 atom stereocenters. The van der Waals surface area contributed by atoms with E-state index in [1.807, 2.05) is 0 Å². The lowest BCUT2D eigenvalue weighted by molar-refractivity contribution is 0.335. The molecule has 2 N–H and O–H groups in total. The van der Waals surface area contributed by atoms with Gasteiger partial charge in [-0.3, -0.25) is 0 Å². The predicted octanol–water partition coefficient (Wildman–Crippen LogP) is 4.09. The fourth-order valence-electron chi connectivity index (χ4n) is 1.75. The Bertz CT molecular complexity index is 569. The normalized spacial score (nSPS) is 12.9. The van der Waals surface area contributed by atoms with E-state index in [-0.39, 0.29) is 6.04 Å². The van der Waals surface area contributed by atoms with E-state index >= 15 is 0 Å². The minimum Gasteiger partial charge on any atom is -0.337 e. The van der Waals surface area contributed by atoms with Gasteiger partial charge in [-0.25, -0.2) is 0 Å². The minimum absolute atomic E-state index is 0.246. The number of benzene rings is 1. The molecule has 19 heavy (non-hydrogen) atoms. The summed E-state index contributed by atoms with van der Waals surface area (Å²) >= 11 is 11.8. The number of hydrogen-bond donors (Lipinski definition) is 1. The van der Waals surface area contributed by atoms with Crippen LogP contribution in [0.25, 0.3) is 11.4 Å². The zero-order valence-corrected chi connectivity index (χ0v) is 12.2. The van der Waals surface area contributed by atoms with Crippen molar-refractivity contribution in [3.05, 3.63) is 34.1 Å². The molecule has 0 bridgehead atoms. The number of halogens is 2. The van der Waals surface area contributed by atoms with Crippen LogP contribution in [0.5, 0.6) is 0 Å². The summed E-state index contributed by atoms with van der Waals surface area (Å²) in [6.45, 7) is 4.19. The largest absolute Gasteiger partial charge is 0.337 e. The number of hydrogen-bond acceptors (Lipinski definition) is 4. The Balaban J connectivity index is 2.22. The van der Waals surface area contributed by atoms with Crippen LogP contribution in [0.4, 0.5) is 0 Å². The van der Waals surface area contributed by atoms with Crippen molar-refractivity contribution in [1.29, 1.82) is 0 Å². The van der Waals surface area contributed by atoms with Crippen LogP contribution >= 0.6 is 23.2 Å². The molecule has 0 saturated heterocycles. The molecule has 2 aromatic rings.